The third-order valence-corrected chi connectivity index (χ3v) is 4.36. The highest BCUT2D eigenvalue weighted by molar-refractivity contribution is 5.94. The highest BCUT2D eigenvalue weighted by atomic mass is 16.6. The van der Waals surface area contributed by atoms with Crippen molar-refractivity contribution in [3.63, 3.8) is 0 Å². The lowest BCUT2D eigenvalue weighted by Crippen LogP contribution is -2.50. The summed E-state index contributed by atoms with van der Waals surface area (Å²) in [7, 11) is 3.21. The van der Waals surface area contributed by atoms with Crippen molar-refractivity contribution in [2.24, 2.45) is 0 Å². The number of ether oxygens (including phenoxy) is 2. The number of nitrogens with zero attached hydrogens (tertiary/aromatic N) is 2. The van der Waals surface area contributed by atoms with Crippen LogP contribution in [0.5, 0.6) is 0 Å². The van der Waals surface area contributed by atoms with Crippen LogP contribution in [-0.2, 0) is 9.47 Å². The lowest BCUT2D eigenvalue weighted by atomic mass is 10.0. The first-order chi connectivity index (χ1) is 12.2. The first-order valence-electron chi connectivity index (χ1n) is 8.80. The van der Waals surface area contributed by atoms with Crippen LogP contribution >= 0.6 is 0 Å². The second-order valence-electron chi connectivity index (χ2n) is 7.36. The van der Waals surface area contributed by atoms with Crippen LogP contribution in [-0.4, -0.2) is 62.9 Å². The van der Waals surface area contributed by atoms with Gasteiger partial charge in [-0.3, -0.25) is 0 Å². The lowest BCUT2D eigenvalue weighted by molar-refractivity contribution is 0.0240. The standard InChI is InChI=1S/C19H29N3O4/c1-13-15(17(23)25-6)11-14(12-16(13)20-5)21-7-9-22(10-8-21)18(24)26-19(2,3)4/h11-12,20H,7-10H2,1-6H3. The maximum Gasteiger partial charge on any atom is 0.410 e. The molecule has 0 atom stereocenters. The number of hydrogen-bond acceptors (Lipinski definition) is 6. The van der Waals surface area contributed by atoms with Gasteiger partial charge in [0.2, 0.25) is 0 Å². The Labute approximate surface area is 155 Å². The summed E-state index contributed by atoms with van der Waals surface area (Å²) in [4.78, 5) is 28.2. The van der Waals surface area contributed by atoms with Crippen molar-refractivity contribution in [1.29, 1.82) is 0 Å². The Hall–Kier alpha value is -2.44. The van der Waals surface area contributed by atoms with Crippen molar-refractivity contribution in [3.8, 4) is 0 Å². The van der Waals surface area contributed by atoms with Crippen LogP contribution in [0.3, 0.4) is 0 Å². The van der Waals surface area contributed by atoms with Crippen molar-refractivity contribution in [2.75, 3.05) is 50.6 Å². The van der Waals surface area contributed by atoms with E-state index in [4.69, 9.17) is 9.47 Å². The molecule has 7 nitrogen and oxygen atoms in total. The predicted molar refractivity (Wildman–Crippen MR) is 102 cm³/mol. The monoisotopic (exact) mass is 363 g/mol. The van der Waals surface area contributed by atoms with Gasteiger partial charge in [0.05, 0.1) is 12.7 Å². The van der Waals surface area contributed by atoms with E-state index in [1.165, 1.54) is 7.11 Å². The maximum absolute atomic E-state index is 12.2. The Kier molecular flexibility index (Phi) is 6.00. The number of nitrogens with one attached hydrogen (secondary N) is 1. The highest BCUT2D eigenvalue weighted by Gasteiger charge is 2.26. The van der Waals surface area contributed by atoms with Crippen LogP contribution < -0.4 is 10.2 Å². The number of amides is 1. The van der Waals surface area contributed by atoms with Gasteiger partial charge in [-0.2, -0.15) is 0 Å². The molecule has 1 fully saturated rings. The summed E-state index contributed by atoms with van der Waals surface area (Å²) in [6.07, 6.45) is -0.285. The number of rotatable bonds is 3. The van der Waals surface area contributed by atoms with Crippen molar-refractivity contribution in [2.45, 2.75) is 33.3 Å². The van der Waals surface area contributed by atoms with Gasteiger partial charge in [-0.25, -0.2) is 9.59 Å². The molecule has 1 aromatic rings. The first kappa shape index (κ1) is 19.9. The predicted octanol–water partition coefficient (Wildman–Crippen LogP) is 2.88. The van der Waals surface area contributed by atoms with Gasteiger partial charge in [-0.1, -0.05) is 0 Å². The number of esters is 1. The van der Waals surface area contributed by atoms with Crippen molar-refractivity contribution in [3.05, 3.63) is 23.3 Å². The van der Waals surface area contributed by atoms with Crippen LogP contribution in [0, 0.1) is 6.92 Å². The minimum atomic E-state index is -0.498. The Balaban J connectivity index is 2.14. The van der Waals surface area contributed by atoms with E-state index >= 15 is 0 Å². The van der Waals surface area contributed by atoms with Crippen LogP contribution in [0.2, 0.25) is 0 Å². The fourth-order valence-electron chi connectivity index (χ4n) is 2.94. The number of carbonyl (C=O) groups excluding carboxylic acids is 2. The molecular formula is C19H29N3O4. The zero-order valence-corrected chi connectivity index (χ0v) is 16.5. The summed E-state index contributed by atoms with van der Waals surface area (Å²) >= 11 is 0. The Morgan fingerprint density at radius 3 is 2.23 bits per heavy atom. The lowest BCUT2D eigenvalue weighted by Gasteiger charge is -2.37. The number of hydrogen-bond donors (Lipinski definition) is 1. The van der Waals surface area contributed by atoms with Gasteiger partial charge in [0.25, 0.3) is 0 Å². The molecule has 7 heteroatoms. The molecule has 0 radical (unpaired) electrons. The average Bonchev–Trinajstić information content (AvgIpc) is 2.60. The number of anilines is 2. The molecular weight excluding hydrogens is 334 g/mol. The zero-order chi connectivity index (χ0) is 19.5. The second kappa shape index (κ2) is 7.85. The van der Waals surface area contributed by atoms with Crippen LogP contribution in [0.4, 0.5) is 16.2 Å². The van der Waals surface area contributed by atoms with Crippen molar-refractivity contribution < 1.29 is 19.1 Å². The molecule has 0 unspecified atom stereocenters. The van der Waals surface area contributed by atoms with Crippen LogP contribution in [0.15, 0.2) is 12.1 Å². The molecule has 1 aliphatic heterocycles. The second-order valence-corrected chi connectivity index (χ2v) is 7.36. The normalized spacial score (nSPS) is 14.8. The van der Waals surface area contributed by atoms with Gasteiger partial charge >= 0.3 is 12.1 Å². The molecule has 1 heterocycles. The van der Waals surface area contributed by atoms with Crippen molar-refractivity contribution >= 4 is 23.4 Å². The molecule has 0 saturated carbocycles. The zero-order valence-electron chi connectivity index (χ0n) is 16.5. The Morgan fingerprint density at radius 1 is 1.12 bits per heavy atom. The molecule has 1 N–H and O–H groups in total. The highest BCUT2D eigenvalue weighted by Crippen LogP contribution is 2.28. The third-order valence-electron chi connectivity index (χ3n) is 4.36. The van der Waals surface area contributed by atoms with E-state index in [-0.39, 0.29) is 12.1 Å². The SMILES string of the molecule is CNc1cc(N2CCN(C(=O)OC(C)(C)C)CC2)cc(C(=O)OC)c1C. The fraction of sp³-hybridized carbons (Fsp3) is 0.579. The van der Waals surface area contributed by atoms with Gasteiger partial charge in [0.15, 0.2) is 0 Å². The van der Waals surface area contributed by atoms with Crippen LogP contribution in [0.1, 0.15) is 36.7 Å². The molecule has 1 aromatic carbocycles. The molecule has 1 saturated heterocycles. The van der Waals surface area contributed by atoms with E-state index in [9.17, 15) is 9.59 Å². The summed E-state index contributed by atoms with van der Waals surface area (Å²) in [6.45, 7) is 9.97. The maximum atomic E-state index is 12.2. The molecule has 26 heavy (non-hydrogen) atoms. The van der Waals surface area contributed by atoms with Gasteiger partial charge in [-0.05, 0) is 45.4 Å². The van der Waals surface area contributed by atoms with Crippen LogP contribution in [0.25, 0.3) is 0 Å². The number of piperazine rings is 1. The summed E-state index contributed by atoms with van der Waals surface area (Å²) in [5.74, 6) is -0.353. The van der Waals surface area contributed by atoms with Gasteiger partial charge in [0, 0.05) is 44.6 Å². The van der Waals surface area contributed by atoms with Gasteiger partial charge < -0.3 is 24.6 Å². The summed E-state index contributed by atoms with van der Waals surface area (Å²) in [5.41, 5.74) is 2.73. The summed E-state index contributed by atoms with van der Waals surface area (Å²) < 4.78 is 10.3. The van der Waals surface area contributed by atoms with E-state index in [2.05, 4.69) is 10.2 Å². The minimum absolute atomic E-state index is 0.285. The topological polar surface area (TPSA) is 71.1 Å². The van der Waals surface area contributed by atoms with Gasteiger partial charge in [0.1, 0.15) is 5.60 Å². The molecule has 0 spiro atoms. The number of benzene rings is 1. The largest absolute Gasteiger partial charge is 0.465 e. The average molecular weight is 363 g/mol. The third kappa shape index (κ3) is 4.59. The quantitative estimate of drug-likeness (QED) is 0.833. The molecule has 1 aliphatic rings. The number of methoxy groups -OCH3 is 1. The fourth-order valence-corrected chi connectivity index (χ4v) is 2.94. The smallest absolute Gasteiger partial charge is 0.410 e. The number of carbonyl (C=O) groups is 2. The summed E-state index contributed by atoms with van der Waals surface area (Å²) in [5, 5.41) is 3.13. The molecule has 0 aliphatic carbocycles. The molecule has 0 aromatic heterocycles. The molecule has 1 amide bonds. The van der Waals surface area contributed by atoms with E-state index in [0.29, 0.717) is 31.7 Å². The van der Waals surface area contributed by atoms with E-state index in [1.807, 2.05) is 46.9 Å². The Morgan fingerprint density at radius 2 is 1.73 bits per heavy atom. The van der Waals surface area contributed by atoms with E-state index in [1.54, 1.807) is 4.90 Å². The molecule has 144 valence electrons. The summed E-state index contributed by atoms with van der Waals surface area (Å²) in [6, 6.07) is 3.87. The minimum Gasteiger partial charge on any atom is -0.465 e. The van der Waals surface area contributed by atoms with E-state index < -0.39 is 5.60 Å². The Bertz CT molecular complexity index is 674. The molecule has 2 rings (SSSR count). The van der Waals surface area contributed by atoms with E-state index in [0.717, 1.165) is 16.9 Å². The van der Waals surface area contributed by atoms with Crippen molar-refractivity contribution in [1.82, 2.24) is 4.90 Å². The van der Waals surface area contributed by atoms with Gasteiger partial charge in [-0.15, -0.1) is 0 Å². The molecule has 0 bridgehead atoms. The first-order valence-corrected chi connectivity index (χ1v) is 8.80.